The summed E-state index contributed by atoms with van der Waals surface area (Å²) in [4.78, 5) is 47.1. The number of rotatable bonds is 7. The molecule has 0 aromatic rings. The number of amides is 4. The number of esters is 1. The predicted octanol–water partition coefficient (Wildman–Crippen LogP) is 1.10. The second-order valence-electron chi connectivity index (χ2n) is 8.27. The highest BCUT2D eigenvalue weighted by atomic mass is 16.5. The van der Waals surface area contributed by atoms with E-state index >= 15 is 0 Å². The Bertz CT molecular complexity index is 583. The molecule has 8 nitrogen and oxygen atoms in total. The lowest BCUT2D eigenvalue weighted by atomic mass is 9.49. The van der Waals surface area contributed by atoms with E-state index in [1.165, 1.54) is 19.3 Å². The molecule has 150 valence electrons. The van der Waals surface area contributed by atoms with Crippen LogP contribution >= 0.6 is 0 Å². The number of nitrogens with one attached hydrogen (secondary N) is 3. The number of hydrogen-bond donors (Lipinski definition) is 3. The lowest BCUT2D eigenvalue weighted by Gasteiger charge is -2.55. The van der Waals surface area contributed by atoms with Crippen LogP contribution in [0.2, 0.25) is 0 Å². The molecule has 4 fully saturated rings. The van der Waals surface area contributed by atoms with Crippen molar-refractivity contribution in [3.05, 3.63) is 0 Å². The van der Waals surface area contributed by atoms with Crippen LogP contribution in [0, 0.1) is 23.2 Å². The molecule has 0 unspecified atom stereocenters. The molecule has 4 aliphatic rings. The van der Waals surface area contributed by atoms with Gasteiger partial charge in [-0.15, -0.1) is 0 Å². The average Bonchev–Trinajstić information content (AvgIpc) is 2.59. The first-order valence-electron chi connectivity index (χ1n) is 9.92. The Morgan fingerprint density at radius 3 is 2.11 bits per heavy atom. The van der Waals surface area contributed by atoms with Crippen LogP contribution in [0.5, 0.6) is 0 Å². The second kappa shape index (κ2) is 8.27. The Balaban J connectivity index is 1.35. The van der Waals surface area contributed by atoms with Crippen molar-refractivity contribution in [3.8, 4) is 0 Å². The summed E-state index contributed by atoms with van der Waals surface area (Å²) in [7, 11) is 0. The molecular formula is C19H29N3O5. The molecule has 0 spiro atoms. The van der Waals surface area contributed by atoms with Crippen LogP contribution in [0.15, 0.2) is 0 Å². The number of imide groups is 1. The van der Waals surface area contributed by atoms with Crippen molar-refractivity contribution in [3.63, 3.8) is 0 Å². The van der Waals surface area contributed by atoms with E-state index in [1.807, 2.05) is 5.32 Å². The van der Waals surface area contributed by atoms with Crippen LogP contribution in [-0.2, 0) is 19.1 Å². The Morgan fingerprint density at radius 1 is 0.963 bits per heavy atom. The van der Waals surface area contributed by atoms with Crippen molar-refractivity contribution in [2.75, 3.05) is 19.7 Å². The third kappa shape index (κ3) is 4.78. The number of hydrogen-bond acceptors (Lipinski definition) is 5. The number of ether oxygens (including phenoxy) is 1. The molecule has 27 heavy (non-hydrogen) atoms. The summed E-state index contributed by atoms with van der Waals surface area (Å²) in [5, 5.41) is 7.36. The lowest BCUT2D eigenvalue weighted by molar-refractivity contribution is -0.149. The molecule has 4 amide bonds. The van der Waals surface area contributed by atoms with Crippen LogP contribution < -0.4 is 16.0 Å². The summed E-state index contributed by atoms with van der Waals surface area (Å²) in [5.41, 5.74) is -0.231. The highest BCUT2D eigenvalue weighted by Gasteiger charge is 2.54. The van der Waals surface area contributed by atoms with Gasteiger partial charge in [0.05, 0.1) is 6.42 Å². The first-order chi connectivity index (χ1) is 12.9. The Labute approximate surface area is 159 Å². The van der Waals surface area contributed by atoms with Gasteiger partial charge in [-0.3, -0.25) is 19.7 Å². The van der Waals surface area contributed by atoms with Crippen molar-refractivity contribution in [1.29, 1.82) is 0 Å². The third-order valence-electron chi connectivity index (χ3n) is 6.09. The topological polar surface area (TPSA) is 114 Å². The molecule has 0 heterocycles. The van der Waals surface area contributed by atoms with E-state index in [4.69, 9.17) is 4.74 Å². The van der Waals surface area contributed by atoms with E-state index < -0.39 is 24.5 Å². The highest BCUT2D eigenvalue weighted by molar-refractivity contribution is 5.95. The van der Waals surface area contributed by atoms with Gasteiger partial charge in [-0.25, -0.2) is 4.79 Å². The Morgan fingerprint density at radius 2 is 1.56 bits per heavy atom. The van der Waals surface area contributed by atoms with Gasteiger partial charge in [0.1, 0.15) is 0 Å². The minimum Gasteiger partial charge on any atom is -0.456 e. The van der Waals surface area contributed by atoms with Crippen molar-refractivity contribution >= 4 is 23.8 Å². The summed E-state index contributed by atoms with van der Waals surface area (Å²) in [6, 6.07) is -0.624. The van der Waals surface area contributed by atoms with Gasteiger partial charge in [0.15, 0.2) is 6.61 Å². The van der Waals surface area contributed by atoms with E-state index in [1.54, 1.807) is 6.92 Å². The summed E-state index contributed by atoms with van der Waals surface area (Å²) < 4.78 is 4.83. The number of urea groups is 1. The largest absolute Gasteiger partial charge is 0.456 e. The molecule has 8 heteroatoms. The zero-order valence-corrected chi connectivity index (χ0v) is 15.8. The lowest BCUT2D eigenvalue weighted by Crippen LogP contribution is -2.53. The number of carbonyl (C=O) groups excluding carboxylic acids is 4. The van der Waals surface area contributed by atoms with Gasteiger partial charge in [0.25, 0.3) is 5.91 Å². The second-order valence-corrected chi connectivity index (χ2v) is 8.27. The zero-order valence-electron chi connectivity index (χ0n) is 15.8. The van der Waals surface area contributed by atoms with E-state index in [-0.39, 0.29) is 24.3 Å². The van der Waals surface area contributed by atoms with Gasteiger partial charge in [0, 0.05) is 18.5 Å². The maximum Gasteiger partial charge on any atom is 0.321 e. The van der Waals surface area contributed by atoms with Crippen LogP contribution in [0.3, 0.4) is 0 Å². The smallest absolute Gasteiger partial charge is 0.321 e. The van der Waals surface area contributed by atoms with E-state index in [0.717, 1.165) is 19.3 Å². The van der Waals surface area contributed by atoms with Crippen molar-refractivity contribution in [1.82, 2.24) is 16.0 Å². The first kappa shape index (κ1) is 19.6. The quantitative estimate of drug-likeness (QED) is 0.573. The van der Waals surface area contributed by atoms with Crippen molar-refractivity contribution in [2.45, 2.75) is 51.9 Å². The fourth-order valence-electron chi connectivity index (χ4n) is 5.44. The minimum atomic E-state index is -0.688. The fourth-order valence-corrected chi connectivity index (χ4v) is 5.44. The first-order valence-corrected chi connectivity index (χ1v) is 9.92. The molecule has 3 N–H and O–H groups in total. The molecule has 4 saturated carbocycles. The van der Waals surface area contributed by atoms with Gasteiger partial charge < -0.3 is 15.4 Å². The summed E-state index contributed by atoms with van der Waals surface area (Å²) in [6.45, 7) is 1.81. The fraction of sp³-hybridized carbons (Fsp3) is 0.789. The molecule has 4 aliphatic carbocycles. The van der Waals surface area contributed by atoms with E-state index in [9.17, 15) is 19.2 Å². The van der Waals surface area contributed by atoms with Gasteiger partial charge in [-0.05, 0) is 63.2 Å². The monoisotopic (exact) mass is 379 g/mol. The normalized spacial score (nSPS) is 30.5. The molecule has 0 saturated heterocycles. The van der Waals surface area contributed by atoms with Crippen molar-refractivity contribution < 1.29 is 23.9 Å². The molecule has 4 bridgehead atoms. The summed E-state index contributed by atoms with van der Waals surface area (Å²) in [5.74, 6) is 0.878. The molecular weight excluding hydrogens is 350 g/mol. The predicted molar refractivity (Wildman–Crippen MR) is 96.4 cm³/mol. The van der Waals surface area contributed by atoms with E-state index in [0.29, 0.717) is 24.3 Å². The molecule has 0 atom stereocenters. The standard InChI is InChI=1S/C19H29N3O5/c1-2-20-18(26)22-15(23)11-27-16(24)3-4-21-17(25)19-8-12-5-13(9-19)7-14(6-12)10-19/h12-14H,2-11H2,1H3,(H,21,25)(H2,20,22,23,26). The average molecular weight is 379 g/mol. The van der Waals surface area contributed by atoms with Gasteiger partial charge in [-0.1, -0.05) is 0 Å². The Kier molecular flexibility index (Phi) is 6.01. The molecule has 0 aliphatic heterocycles. The third-order valence-corrected chi connectivity index (χ3v) is 6.09. The van der Waals surface area contributed by atoms with Crippen LogP contribution in [0.25, 0.3) is 0 Å². The molecule has 0 radical (unpaired) electrons. The van der Waals surface area contributed by atoms with Crippen molar-refractivity contribution in [2.24, 2.45) is 23.2 Å². The molecule has 0 aromatic carbocycles. The minimum absolute atomic E-state index is 0.00649. The SMILES string of the molecule is CCNC(=O)NC(=O)COC(=O)CCNC(=O)C12CC3CC(CC(C3)C1)C2. The highest BCUT2D eigenvalue weighted by Crippen LogP contribution is 2.60. The van der Waals surface area contributed by atoms with Gasteiger partial charge in [0.2, 0.25) is 5.91 Å². The molecule has 4 rings (SSSR count). The maximum absolute atomic E-state index is 12.8. The van der Waals surface area contributed by atoms with Crippen LogP contribution in [-0.4, -0.2) is 43.5 Å². The molecule has 0 aromatic heterocycles. The summed E-state index contributed by atoms with van der Waals surface area (Å²) in [6.07, 6.45) is 6.78. The zero-order chi connectivity index (χ0) is 19.4. The Hall–Kier alpha value is -2.12. The van der Waals surface area contributed by atoms with Gasteiger partial charge in [-0.2, -0.15) is 0 Å². The summed E-state index contributed by atoms with van der Waals surface area (Å²) >= 11 is 0. The van der Waals surface area contributed by atoms with Gasteiger partial charge >= 0.3 is 12.0 Å². The van der Waals surface area contributed by atoms with Crippen LogP contribution in [0.1, 0.15) is 51.9 Å². The number of carbonyl (C=O) groups is 4. The van der Waals surface area contributed by atoms with Crippen LogP contribution in [0.4, 0.5) is 4.79 Å². The van der Waals surface area contributed by atoms with E-state index in [2.05, 4.69) is 10.6 Å². The maximum atomic E-state index is 12.8.